The van der Waals surface area contributed by atoms with Gasteiger partial charge >= 0.3 is 6.03 Å². The molecule has 0 aromatic rings. The third kappa shape index (κ3) is 1.47. The molecule has 0 N–H and O–H groups in total. The molecule has 0 saturated carbocycles. The van der Waals surface area contributed by atoms with Gasteiger partial charge in [-0.3, -0.25) is 0 Å². The molecule has 1 unspecified atom stereocenters. The number of rotatable bonds is 2. The van der Waals surface area contributed by atoms with Crippen molar-refractivity contribution in [3.05, 3.63) is 0 Å². The molecule has 64 valence electrons. The van der Waals surface area contributed by atoms with Crippen molar-refractivity contribution in [2.75, 3.05) is 20.1 Å². The van der Waals surface area contributed by atoms with Crippen LogP contribution in [-0.2, 0) is 0 Å². The van der Waals surface area contributed by atoms with Gasteiger partial charge < -0.3 is 9.80 Å². The van der Waals surface area contributed by atoms with Crippen LogP contribution in [0.5, 0.6) is 0 Å². The molecule has 0 aliphatic carbocycles. The molecule has 0 bridgehead atoms. The summed E-state index contributed by atoms with van der Waals surface area (Å²) >= 11 is 0. The lowest BCUT2D eigenvalue weighted by Gasteiger charge is -2.18. The van der Waals surface area contributed by atoms with Crippen molar-refractivity contribution in [1.29, 1.82) is 0 Å². The van der Waals surface area contributed by atoms with E-state index in [1.54, 1.807) is 4.90 Å². The Morgan fingerprint density at radius 3 is 2.64 bits per heavy atom. The average molecular weight is 156 g/mol. The van der Waals surface area contributed by atoms with Crippen LogP contribution in [0.1, 0.15) is 20.3 Å². The van der Waals surface area contributed by atoms with E-state index in [2.05, 4.69) is 13.8 Å². The third-order valence-corrected chi connectivity index (χ3v) is 2.11. The maximum absolute atomic E-state index is 11.4. The first-order chi connectivity index (χ1) is 5.16. The molecule has 0 spiro atoms. The van der Waals surface area contributed by atoms with Gasteiger partial charge in [0.1, 0.15) is 0 Å². The first kappa shape index (κ1) is 8.37. The van der Waals surface area contributed by atoms with E-state index >= 15 is 0 Å². The molecule has 1 rings (SSSR count). The van der Waals surface area contributed by atoms with Gasteiger partial charge in [-0.15, -0.1) is 0 Å². The number of likely N-dealkylation sites (N-methyl/N-ethyl adjacent to an activating group) is 1. The second-order valence-corrected chi connectivity index (χ2v) is 3.21. The maximum atomic E-state index is 11.4. The Balaban J connectivity index is 2.56. The van der Waals surface area contributed by atoms with Crippen LogP contribution in [0.4, 0.5) is 4.79 Å². The van der Waals surface area contributed by atoms with E-state index in [-0.39, 0.29) is 6.03 Å². The van der Waals surface area contributed by atoms with Crippen LogP contribution in [0.15, 0.2) is 0 Å². The Labute approximate surface area is 68.0 Å². The minimum absolute atomic E-state index is 0.180. The number of hydrogen-bond donors (Lipinski definition) is 0. The fraction of sp³-hybridized carbons (Fsp3) is 0.875. The first-order valence-corrected chi connectivity index (χ1v) is 4.18. The van der Waals surface area contributed by atoms with E-state index in [0.29, 0.717) is 6.04 Å². The molecule has 1 fully saturated rings. The zero-order valence-corrected chi connectivity index (χ0v) is 7.50. The molecular formula is C8H16N2O. The molecule has 3 heteroatoms. The van der Waals surface area contributed by atoms with Crippen molar-refractivity contribution < 1.29 is 4.79 Å². The quantitative estimate of drug-likeness (QED) is 0.588. The van der Waals surface area contributed by atoms with Crippen LogP contribution in [0.2, 0.25) is 0 Å². The SMILES string of the molecule is CCCN1C(=O)N(C)CC1C. The van der Waals surface area contributed by atoms with Crippen molar-refractivity contribution in [2.45, 2.75) is 26.3 Å². The minimum atomic E-state index is 0.180. The van der Waals surface area contributed by atoms with Crippen LogP contribution in [0.25, 0.3) is 0 Å². The van der Waals surface area contributed by atoms with Crippen LogP contribution >= 0.6 is 0 Å². The Kier molecular flexibility index (Phi) is 2.37. The summed E-state index contributed by atoms with van der Waals surface area (Å²) in [6.45, 7) is 5.96. The lowest BCUT2D eigenvalue weighted by Crippen LogP contribution is -2.33. The number of carbonyl (C=O) groups is 1. The summed E-state index contributed by atoms with van der Waals surface area (Å²) in [4.78, 5) is 15.1. The lowest BCUT2D eigenvalue weighted by atomic mass is 10.3. The highest BCUT2D eigenvalue weighted by Gasteiger charge is 2.30. The number of hydrogen-bond acceptors (Lipinski definition) is 1. The van der Waals surface area contributed by atoms with Gasteiger partial charge in [0.2, 0.25) is 0 Å². The summed E-state index contributed by atoms with van der Waals surface area (Å²) in [7, 11) is 1.86. The van der Waals surface area contributed by atoms with E-state index in [9.17, 15) is 4.79 Å². The maximum Gasteiger partial charge on any atom is 0.320 e. The Morgan fingerprint density at radius 1 is 1.64 bits per heavy atom. The van der Waals surface area contributed by atoms with Crippen LogP contribution < -0.4 is 0 Å². The minimum Gasteiger partial charge on any atom is -0.326 e. The molecule has 2 amide bonds. The molecule has 0 aromatic carbocycles. The topological polar surface area (TPSA) is 23.6 Å². The van der Waals surface area contributed by atoms with Crippen molar-refractivity contribution in [3.63, 3.8) is 0 Å². The normalized spacial score (nSPS) is 25.0. The molecule has 1 atom stereocenters. The van der Waals surface area contributed by atoms with Crippen molar-refractivity contribution in [1.82, 2.24) is 9.80 Å². The fourth-order valence-electron chi connectivity index (χ4n) is 1.54. The highest BCUT2D eigenvalue weighted by atomic mass is 16.2. The van der Waals surface area contributed by atoms with Gasteiger partial charge in [-0.25, -0.2) is 4.79 Å². The summed E-state index contributed by atoms with van der Waals surface area (Å²) in [6, 6.07) is 0.576. The zero-order valence-electron chi connectivity index (χ0n) is 7.50. The fourth-order valence-corrected chi connectivity index (χ4v) is 1.54. The van der Waals surface area contributed by atoms with Crippen molar-refractivity contribution >= 4 is 6.03 Å². The van der Waals surface area contributed by atoms with Crippen LogP contribution in [0, 0.1) is 0 Å². The Morgan fingerprint density at radius 2 is 2.27 bits per heavy atom. The van der Waals surface area contributed by atoms with Crippen LogP contribution in [-0.4, -0.2) is 42.0 Å². The molecule has 1 aliphatic rings. The van der Waals surface area contributed by atoms with Gasteiger partial charge in [0.25, 0.3) is 0 Å². The van der Waals surface area contributed by atoms with Gasteiger partial charge in [0.05, 0.1) is 0 Å². The zero-order chi connectivity index (χ0) is 8.43. The van der Waals surface area contributed by atoms with Gasteiger partial charge in [0.15, 0.2) is 0 Å². The van der Waals surface area contributed by atoms with Gasteiger partial charge in [-0.1, -0.05) is 6.92 Å². The summed E-state index contributed by atoms with van der Waals surface area (Å²) in [6.07, 6.45) is 1.05. The van der Waals surface area contributed by atoms with Crippen molar-refractivity contribution in [2.24, 2.45) is 0 Å². The molecule has 3 nitrogen and oxygen atoms in total. The third-order valence-electron chi connectivity index (χ3n) is 2.11. The van der Waals surface area contributed by atoms with Gasteiger partial charge in [-0.2, -0.15) is 0 Å². The van der Waals surface area contributed by atoms with Crippen molar-refractivity contribution in [3.8, 4) is 0 Å². The first-order valence-electron chi connectivity index (χ1n) is 4.18. The largest absolute Gasteiger partial charge is 0.326 e. The molecule has 0 radical (unpaired) electrons. The molecule has 1 aliphatic heterocycles. The summed E-state index contributed by atoms with van der Waals surface area (Å²) in [5.41, 5.74) is 0. The van der Waals surface area contributed by atoms with E-state index in [4.69, 9.17) is 0 Å². The number of nitrogens with zero attached hydrogens (tertiary/aromatic N) is 2. The molecule has 1 heterocycles. The smallest absolute Gasteiger partial charge is 0.320 e. The highest BCUT2D eigenvalue weighted by Crippen LogP contribution is 2.13. The summed E-state index contributed by atoms with van der Waals surface area (Å²) in [5, 5.41) is 0. The highest BCUT2D eigenvalue weighted by molar-refractivity contribution is 5.76. The van der Waals surface area contributed by atoms with Gasteiger partial charge in [-0.05, 0) is 13.3 Å². The lowest BCUT2D eigenvalue weighted by molar-refractivity contribution is 0.193. The average Bonchev–Trinajstić information content (AvgIpc) is 2.17. The van der Waals surface area contributed by atoms with Gasteiger partial charge in [0, 0.05) is 26.2 Å². The Hall–Kier alpha value is -0.730. The molecule has 1 saturated heterocycles. The molecular weight excluding hydrogens is 140 g/mol. The van der Waals surface area contributed by atoms with E-state index in [1.165, 1.54) is 0 Å². The molecule has 0 aromatic heterocycles. The molecule has 11 heavy (non-hydrogen) atoms. The van der Waals surface area contributed by atoms with E-state index in [1.807, 2.05) is 11.9 Å². The van der Waals surface area contributed by atoms with E-state index in [0.717, 1.165) is 19.5 Å². The predicted octanol–water partition coefficient (Wildman–Crippen LogP) is 1.15. The predicted molar refractivity (Wildman–Crippen MR) is 44.5 cm³/mol. The van der Waals surface area contributed by atoms with Crippen LogP contribution in [0.3, 0.4) is 0 Å². The summed E-state index contributed by atoms with van der Waals surface area (Å²) < 4.78 is 0. The van der Waals surface area contributed by atoms with E-state index < -0.39 is 0 Å². The number of carbonyl (C=O) groups excluding carboxylic acids is 1. The second-order valence-electron chi connectivity index (χ2n) is 3.21. The second kappa shape index (κ2) is 3.11. The number of urea groups is 1. The standard InChI is InChI=1S/C8H16N2O/c1-4-5-10-7(2)6-9(3)8(10)11/h7H,4-6H2,1-3H3. The number of amides is 2. The Bertz CT molecular complexity index is 158. The summed E-state index contributed by atoms with van der Waals surface area (Å²) in [5.74, 6) is 0. The monoisotopic (exact) mass is 156 g/mol.